The molecule has 0 aliphatic heterocycles. The van der Waals surface area contributed by atoms with Crippen molar-refractivity contribution in [3.8, 4) is 0 Å². The van der Waals surface area contributed by atoms with Crippen LogP contribution in [0.3, 0.4) is 0 Å². The Kier molecular flexibility index (Phi) is 4.43. The van der Waals surface area contributed by atoms with Gasteiger partial charge in [0.1, 0.15) is 0 Å². The Morgan fingerprint density at radius 2 is 1.64 bits per heavy atom. The Morgan fingerprint density at radius 1 is 1.27 bits per heavy atom. The van der Waals surface area contributed by atoms with Crippen LogP contribution in [0.25, 0.3) is 0 Å². The van der Waals surface area contributed by atoms with Crippen molar-refractivity contribution in [2.75, 3.05) is 12.3 Å². The summed E-state index contributed by atoms with van der Waals surface area (Å²) in [7, 11) is -2.87. The van der Waals surface area contributed by atoms with Crippen LogP contribution in [0.4, 0.5) is 4.79 Å². The Hall–Kier alpha value is -0.300. The van der Waals surface area contributed by atoms with Gasteiger partial charge in [0.05, 0.1) is 0 Å². The van der Waals surface area contributed by atoms with E-state index in [1.54, 1.807) is 0 Å². The van der Waals surface area contributed by atoms with E-state index < -0.39 is 12.9 Å². The van der Waals surface area contributed by atoms with Crippen molar-refractivity contribution >= 4 is 12.9 Å². The van der Waals surface area contributed by atoms with Gasteiger partial charge in [-0.1, -0.05) is 13.8 Å². The van der Waals surface area contributed by atoms with Crippen LogP contribution in [-0.4, -0.2) is 23.1 Å². The topological polar surface area (TPSA) is 54.4 Å². The second kappa shape index (κ2) is 4.55. The van der Waals surface area contributed by atoms with E-state index in [9.17, 15) is 9.36 Å². The molecule has 0 aromatic heterocycles. The third-order valence-electron chi connectivity index (χ3n) is 1.52. The highest BCUT2D eigenvalue weighted by Gasteiger charge is 2.28. The Morgan fingerprint density at radius 3 is 1.82 bits per heavy atom. The van der Waals surface area contributed by atoms with Crippen molar-refractivity contribution in [2.45, 2.75) is 26.7 Å². The van der Waals surface area contributed by atoms with Gasteiger partial charge < -0.3 is 9.67 Å². The Bertz CT molecular complexity index is 167. The first-order valence-electron chi connectivity index (χ1n) is 3.88. The van der Waals surface area contributed by atoms with Crippen LogP contribution >= 0.6 is 7.14 Å². The lowest BCUT2D eigenvalue weighted by atomic mass is 10.6. The van der Waals surface area contributed by atoms with Crippen LogP contribution in [0, 0.1) is 0 Å². The summed E-state index contributed by atoms with van der Waals surface area (Å²) in [5, 5.41) is 8.63. The van der Waals surface area contributed by atoms with Gasteiger partial charge in [-0.2, -0.15) is 0 Å². The summed E-state index contributed by atoms with van der Waals surface area (Å²) in [5.74, 6) is 0. The summed E-state index contributed by atoms with van der Waals surface area (Å²) < 4.78 is 11.5. The molecule has 0 atom stereocenters. The minimum atomic E-state index is -2.87. The van der Waals surface area contributed by atoms with Gasteiger partial charge in [-0.25, -0.2) is 4.79 Å². The van der Waals surface area contributed by atoms with Gasteiger partial charge in [0, 0.05) is 12.3 Å². The molecule has 4 heteroatoms. The molecule has 0 saturated heterocycles. The molecule has 0 unspecified atom stereocenters. The van der Waals surface area contributed by atoms with Crippen molar-refractivity contribution in [3.05, 3.63) is 0 Å². The molecule has 0 aliphatic rings. The average Bonchev–Trinajstić information content (AvgIpc) is 1.88. The van der Waals surface area contributed by atoms with Crippen molar-refractivity contribution in [3.63, 3.8) is 0 Å². The molecule has 0 aliphatic carbocycles. The van der Waals surface area contributed by atoms with Crippen molar-refractivity contribution in [1.82, 2.24) is 0 Å². The number of hydrogen-bond donors (Lipinski definition) is 1. The summed E-state index contributed by atoms with van der Waals surface area (Å²) >= 11 is 0. The van der Waals surface area contributed by atoms with E-state index in [0.717, 1.165) is 0 Å². The zero-order valence-electron chi connectivity index (χ0n) is 7.04. The normalized spacial score (nSPS) is 11.5. The first-order chi connectivity index (χ1) is 5.06. The van der Waals surface area contributed by atoms with Crippen molar-refractivity contribution in [2.24, 2.45) is 0 Å². The first-order valence-corrected chi connectivity index (χ1v) is 5.96. The molecule has 0 aromatic carbocycles. The van der Waals surface area contributed by atoms with Crippen molar-refractivity contribution < 1.29 is 14.5 Å². The van der Waals surface area contributed by atoms with Crippen LogP contribution in [0.2, 0.25) is 0 Å². The molecule has 0 amide bonds. The molecule has 11 heavy (non-hydrogen) atoms. The van der Waals surface area contributed by atoms with Gasteiger partial charge in [0.15, 0.2) is 7.14 Å². The summed E-state index contributed by atoms with van der Waals surface area (Å²) in [6, 6.07) is 0. The monoisotopic (exact) mass is 178 g/mol. The first kappa shape index (κ1) is 10.7. The van der Waals surface area contributed by atoms with Crippen LogP contribution in [0.1, 0.15) is 26.7 Å². The third kappa shape index (κ3) is 3.06. The van der Waals surface area contributed by atoms with Crippen LogP contribution in [0.5, 0.6) is 0 Å². The van der Waals surface area contributed by atoms with E-state index in [0.29, 0.717) is 25.2 Å². The molecule has 0 bridgehead atoms. The largest absolute Gasteiger partial charge is 0.476 e. The highest BCUT2D eigenvalue weighted by molar-refractivity contribution is 7.79. The molecule has 66 valence electrons. The second-order valence-corrected chi connectivity index (χ2v) is 5.67. The third-order valence-corrected chi connectivity index (χ3v) is 4.55. The minimum Gasteiger partial charge on any atom is -0.476 e. The highest BCUT2D eigenvalue weighted by atomic mass is 31.2. The molecule has 0 rings (SSSR count). The summed E-state index contributed by atoms with van der Waals surface area (Å²) in [6.07, 6.45) is 2.06. The number of hydrogen-bond acceptors (Lipinski definition) is 2. The van der Waals surface area contributed by atoms with Gasteiger partial charge in [0.2, 0.25) is 0 Å². The molecule has 0 spiro atoms. The van der Waals surface area contributed by atoms with Gasteiger partial charge in [0.25, 0.3) is 0 Å². The van der Waals surface area contributed by atoms with Crippen LogP contribution < -0.4 is 0 Å². The number of carbonyl (C=O) groups is 1. The maximum atomic E-state index is 11.5. The van der Waals surface area contributed by atoms with E-state index in [-0.39, 0.29) is 0 Å². The summed E-state index contributed by atoms with van der Waals surface area (Å²) in [5.41, 5.74) is -1.10. The van der Waals surface area contributed by atoms with Crippen LogP contribution in [0.15, 0.2) is 0 Å². The van der Waals surface area contributed by atoms with Gasteiger partial charge >= 0.3 is 5.71 Å². The van der Waals surface area contributed by atoms with E-state index >= 15 is 0 Å². The zero-order chi connectivity index (χ0) is 8.91. The molecule has 0 radical (unpaired) electrons. The van der Waals surface area contributed by atoms with E-state index in [4.69, 9.17) is 5.11 Å². The lowest BCUT2D eigenvalue weighted by Crippen LogP contribution is -2.03. The van der Waals surface area contributed by atoms with E-state index in [1.807, 2.05) is 13.8 Å². The minimum absolute atomic E-state index is 0.343. The fraction of sp³-hybridized carbons (Fsp3) is 0.857. The molecule has 3 nitrogen and oxygen atoms in total. The molecule has 0 heterocycles. The molecular weight excluding hydrogens is 163 g/mol. The van der Waals surface area contributed by atoms with Crippen LogP contribution in [-0.2, 0) is 4.57 Å². The lowest BCUT2D eigenvalue weighted by Gasteiger charge is -2.09. The van der Waals surface area contributed by atoms with E-state index in [2.05, 4.69) is 0 Å². The second-order valence-electron chi connectivity index (χ2n) is 2.62. The zero-order valence-corrected chi connectivity index (χ0v) is 7.93. The molecule has 0 saturated carbocycles. The standard InChI is InChI=1S/C7H15O3P/c1-3-5-11(10,6-4-2)7(8)9/h3-6H2,1-2H3,(H,8,9). The van der Waals surface area contributed by atoms with Gasteiger partial charge in [-0.15, -0.1) is 0 Å². The molecule has 0 fully saturated rings. The predicted molar refractivity (Wildman–Crippen MR) is 45.9 cm³/mol. The maximum absolute atomic E-state index is 11.5. The van der Waals surface area contributed by atoms with Crippen molar-refractivity contribution in [1.29, 1.82) is 0 Å². The number of carboxylic acid groups (broad SMARTS) is 1. The quantitative estimate of drug-likeness (QED) is 0.658. The Labute approximate surface area is 67.2 Å². The lowest BCUT2D eigenvalue weighted by molar-refractivity contribution is 0.218. The number of rotatable bonds is 5. The molecule has 1 N–H and O–H groups in total. The fourth-order valence-corrected chi connectivity index (χ4v) is 3.08. The molecular formula is C7H15O3P. The molecule has 0 aromatic rings. The highest BCUT2D eigenvalue weighted by Crippen LogP contribution is 2.47. The smallest absolute Gasteiger partial charge is 0.361 e. The van der Waals surface area contributed by atoms with Gasteiger partial charge in [-0.3, -0.25) is 0 Å². The average molecular weight is 178 g/mol. The fourth-order valence-electron chi connectivity index (χ4n) is 1.03. The summed E-state index contributed by atoms with van der Waals surface area (Å²) in [4.78, 5) is 10.5. The SMILES string of the molecule is CCCP(=O)(CCC)C(=O)O. The van der Waals surface area contributed by atoms with Gasteiger partial charge in [-0.05, 0) is 12.8 Å². The summed E-state index contributed by atoms with van der Waals surface area (Å²) in [6.45, 7) is 3.70. The van der Waals surface area contributed by atoms with E-state index in [1.165, 1.54) is 0 Å². The Balaban J connectivity index is 4.27. The maximum Gasteiger partial charge on any atom is 0.361 e. The predicted octanol–water partition coefficient (Wildman–Crippen LogP) is 2.85.